The van der Waals surface area contributed by atoms with Gasteiger partial charge in [0.1, 0.15) is 17.4 Å². The lowest BCUT2D eigenvalue weighted by molar-refractivity contribution is -0.218. The normalized spacial score (nSPS) is 35.5. The number of nitrogens with one attached hydrogen (secondary N) is 1. The van der Waals surface area contributed by atoms with Gasteiger partial charge in [0.05, 0.1) is 24.3 Å². The Bertz CT molecular complexity index is 1100. The highest BCUT2D eigenvalue weighted by Gasteiger charge is 2.74. The van der Waals surface area contributed by atoms with Crippen LogP contribution in [0.15, 0.2) is 28.2 Å². The average Bonchev–Trinajstić information content (AvgIpc) is 3.19. The summed E-state index contributed by atoms with van der Waals surface area (Å²) in [6.07, 6.45) is 0.843. The first kappa shape index (κ1) is 22.7. The molecule has 34 heavy (non-hydrogen) atoms. The summed E-state index contributed by atoms with van der Waals surface area (Å²) in [4.78, 5) is 23.8. The molecular formula is C22H32N8O4. The molecule has 4 aliphatic rings. The first-order valence-corrected chi connectivity index (χ1v) is 11.4. The second kappa shape index (κ2) is 7.20. The lowest BCUT2D eigenvalue weighted by Gasteiger charge is -2.52. The molecule has 1 aromatic rings. The van der Waals surface area contributed by atoms with Crippen molar-refractivity contribution in [2.45, 2.75) is 62.0 Å². The number of fused-ring (bicyclic) bond motifs is 1. The maximum absolute atomic E-state index is 13.5. The van der Waals surface area contributed by atoms with Crippen molar-refractivity contribution < 1.29 is 19.8 Å². The van der Waals surface area contributed by atoms with Crippen LogP contribution in [0.25, 0.3) is 0 Å². The average molecular weight is 473 g/mol. The van der Waals surface area contributed by atoms with Crippen LogP contribution in [0.5, 0.6) is 5.75 Å². The van der Waals surface area contributed by atoms with E-state index in [1.54, 1.807) is 6.07 Å². The molecule has 1 aromatic carbocycles. The topological polar surface area (TPSA) is 188 Å². The molecule has 9 N–H and O–H groups in total. The highest BCUT2D eigenvalue weighted by atomic mass is 16.5. The third-order valence-corrected chi connectivity index (χ3v) is 7.87. The van der Waals surface area contributed by atoms with Gasteiger partial charge in [-0.05, 0) is 24.8 Å². The lowest BCUT2D eigenvalue weighted by Crippen LogP contribution is -2.77. The molecule has 5 rings (SSSR count). The Kier molecular flexibility index (Phi) is 4.81. The van der Waals surface area contributed by atoms with E-state index in [1.165, 1.54) is 11.8 Å². The van der Waals surface area contributed by atoms with E-state index in [4.69, 9.17) is 21.9 Å². The number of hydroxylamine groups is 2. The van der Waals surface area contributed by atoms with Crippen molar-refractivity contribution in [3.05, 3.63) is 29.3 Å². The van der Waals surface area contributed by atoms with Gasteiger partial charge in [0, 0.05) is 18.7 Å². The molecule has 0 bridgehead atoms. The number of amides is 1. The number of aliphatic imine (C=N–C) groups is 2. The number of benzene rings is 1. The number of para-hydroxylation sites is 1. The number of carbonyl (C=O) groups is 1. The van der Waals surface area contributed by atoms with E-state index in [0.29, 0.717) is 17.9 Å². The Labute approximate surface area is 197 Å². The summed E-state index contributed by atoms with van der Waals surface area (Å²) in [6.45, 7) is 6.42. The quantitative estimate of drug-likeness (QED) is 0.309. The number of guanidine groups is 2. The molecule has 1 spiro atoms. The molecule has 1 amide bonds. The van der Waals surface area contributed by atoms with Gasteiger partial charge in [0.2, 0.25) is 5.96 Å². The van der Waals surface area contributed by atoms with Gasteiger partial charge in [0.25, 0.3) is 5.91 Å². The molecule has 12 nitrogen and oxygen atoms in total. The molecule has 12 heteroatoms. The number of hydrogen-bond donors (Lipinski definition) is 6. The van der Waals surface area contributed by atoms with E-state index in [1.807, 2.05) is 12.1 Å². The van der Waals surface area contributed by atoms with Crippen molar-refractivity contribution >= 4 is 17.8 Å². The number of nitrogens with two attached hydrogens (primary N) is 3. The largest absolute Gasteiger partial charge is 0.492 e. The van der Waals surface area contributed by atoms with Gasteiger partial charge in [-0.2, -0.15) is 5.06 Å². The van der Waals surface area contributed by atoms with Gasteiger partial charge >= 0.3 is 0 Å². The molecule has 1 fully saturated rings. The Hall–Kier alpha value is -3.09. The number of nitrogens with zero attached hydrogens (tertiary/aromatic N) is 4. The molecule has 0 radical (unpaired) electrons. The smallest absolute Gasteiger partial charge is 0.255 e. The zero-order valence-corrected chi connectivity index (χ0v) is 19.5. The highest BCUT2D eigenvalue weighted by molar-refractivity contribution is 5.98. The maximum atomic E-state index is 13.5. The van der Waals surface area contributed by atoms with Crippen LogP contribution in [-0.4, -0.2) is 87.2 Å². The Morgan fingerprint density at radius 2 is 2.00 bits per heavy atom. The van der Waals surface area contributed by atoms with Crippen LogP contribution in [0, 0.1) is 0 Å². The minimum atomic E-state index is -1.74. The van der Waals surface area contributed by atoms with E-state index in [-0.39, 0.29) is 30.4 Å². The molecule has 184 valence electrons. The Balaban J connectivity index is 1.51. The van der Waals surface area contributed by atoms with Gasteiger partial charge in [-0.3, -0.25) is 10.0 Å². The van der Waals surface area contributed by atoms with Gasteiger partial charge in [-0.15, -0.1) is 0 Å². The van der Waals surface area contributed by atoms with Crippen molar-refractivity contribution in [2.24, 2.45) is 27.2 Å². The third-order valence-electron chi connectivity index (χ3n) is 7.87. The summed E-state index contributed by atoms with van der Waals surface area (Å²) in [7, 11) is 0. The molecule has 4 heterocycles. The Morgan fingerprint density at radius 3 is 2.71 bits per heavy atom. The SMILES string of the molecule is CC1(C)CCOc2c(C(=O)N[C@H]3CN4C(N)=NC(CN)C5N=C(N)N(O)C54[C@@]3(C)O)cccc21. The van der Waals surface area contributed by atoms with Crippen LogP contribution in [0.2, 0.25) is 0 Å². The minimum absolute atomic E-state index is 0.0725. The summed E-state index contributed by atoms with van der Waals surface area (Å²) < 4.78 is 5.90. The summed E-state index contributed by atoms with van der Waals surface area (Å²) in [5, 5.41) is 26.5. The van der Waals surface area contributed by atoms with Gasteiger partial charge in [-0.25, -0.2) is 9.98 Å². The molecule has 0 saturated carbocycles. The van der Waals surface area contributed by atoms with E-state index < -0.39 is 35.3 Å². The van der Waals surface area contributed by atoms with Gasteiger partial charge in [-0.1, -0.05) is 26.0 Å². The first-order chi connectivity index (χ1) is 16.0. The fourth-order valence-electron chi connectivity index (χ4n) is 5.89. The summed E-state index contributed by atoms with van der Waals surface area (Å²) >= 11 is 0. The number of carbonyl (C=O) groups excluding carboxylic acids is 1. The van der Waals surface area contributed by atoms with E-state index in [0.717, 1.165) is 17.0 Å². The molecule has 3 unspecified atom stereocenters. The lowest BCUT2D eigenvalue weighted by atomic mass is 9.78. The van der Waals surface area contributed by atoms with Crippen LogP contribution in [0.1, 0.15) is 43.1 Å². The predicted octanol–water partition coefficient (Wildman–Crippen LogP) is -1.35. The zero-order valence-electron chi connectivity index (χ0n) is 19.5. The first-order valence-electron chi connectivity index (χ1n) is 11.4. The van der Waals surface area contributed by atoms with Gasteiger partial charge < -0.3 is 37.3 Å². The van der Waals surface area contributed by atoms with E-state index in [9.17, 15) is 15.1 Å². The van der Waals surface area contributed by atoms with Crippen LogP contribution in [-0.2, 0) is 5.41 Å². The maximum Gasteiger partial charge on any atom is 0.255 e. The number of rotatable bonds is 3. The predicted molar refractivity (Wildman–Crippen MR) is 124 cm³/mol. The highest BCUT2D eigenvalue weighted by Crippen LogP contribution is 2.49. The van der Waals surface area contributed by atoms with Crippen molar-refractivity contribution in [3.63, 3.8) is 0 Å². The summed E-state index contributed by atoms with van der Waals surface area (Å²) in [5.74, 6) is 0.0345. The van der Waals surface area contributed by atoms with Crippen molar-refractivity contribution in [2.75, 3.05) is 19.7 Å². The molecule has 1 saturated heterocycles. The number of aliphatic hydroxyl groups is 1. The number of hydrogen-bond acceptors (Lipinski definition) is 11. The molecule has 4 aliphatic heterocycles. The summed E-state index contributed by atoms with van der Waals surface area (Å²) in [5.41, 5.74) is 16.0. The van der Waals surface area contributed by atoms with Gasteiger partial charge in [0.15, 0.2) is 11.6 Å². The van der Waals surface area contributed by atoms with E-state index in [2.05, 4.69) is 29.1 Å². The summed E-state index contributed by atoms with van der Waals surface area (Å²) in [6, 6.07) is 3.24. The minimum Gasteiger partial charge on any atom is -0.492 e. The molecule has 5 atom stereocenters. The van der Waals surface area contributed by atoms with Crippen molar-refractivity contribution in [1.29, 1.82) is 0 Å². The van der Waals surface area contributed by atoms with E-state index >= 15 is 0 Å². The molecule has 0 aromatic heterocycles. The van der Waals surface area contributed by atoms with Crippen molar-refractivity contribution in [1.82, 2.24) is 15.3 Å². The van der Waals surface area contributed by atoms with Crippen LogP contribution >= 0.6 is 0 Å². The number of ether oxygens (including phenoxy) is 1. The second-order valence-electron chi connectivity index (χ2n) is 10.2. The van der Waals surface area contributed by atoms with Crippen LogP contribution in [0.4, 0.5) is 0 Å². The van der Waals surface area contributed by atoms with Crippen molar-refractivity contribution in [3.8, 4) is 5.75 Å². The fourth-order valence-corrected chi connectivity index (χ4v) is 5.89. The molecular weight excluding hydrogens is 440 g/mol. The van der Waals surface area contributed by atoms with Crippen LogP contribution in [0.3, 0.4) is 0 Å². The second-order valence-corrected chi connectivity index (χ2v) is 10.2. The monoisotopic (exact) mass is 472 g/mol. The zero-order chi connectivity index (χ0) is 24.6. The standard InChI is InChI=1S/C22H32N8O4/c1-20(2)7-8-34-15-11(5-4-6-12(15)20)17(31)27-14-10-29-18(24)26-13(9-23)16-22(29,21(14,3)32)30(33)19(25)28-16/h4-6,13-14,16,32-33H,7-10,23H2,1-3H3,(H2,24,26)(H2,25,28)(H,27,31)/t13?,14-,16?,21-,22?/m0/s1. The Morgan fingerprint density at radius 1 is 1.26 bits per heavy atom. The third kappa shape index (κ3) is 2.72. The van der Waals surface area contributed by atoms with Crippen LogP contribution < -0.4 is 27.3 Å². The molecule has 0 aliphatic carbocycles. The fraction of sp³-hybridized carbons (Fsp3) is 0.591.